The first kappa shape index (κ1) is 20.4. The van der Waals surface area contributed by atoms with Crippen molar-refractivity contribution in [2.75, 3.05) is 19.0 Å². The number of hydrogen-bond donors (Lipinski definition) is 1. The first-order valence-corrected chi connectivity index (χ1v) is 10.7. The van der Waals surface area contributed by atoms with Crippen molar-refractivity contribution in [3.8, 4) is 17.2 Å². The quantitative estimate of drug-likeness (QED) is 0.781. The van der Waals surface area contributed by atoms with Crippen molar-refractivity contribution in [3.05, 3.63) is 24.1 Å². The largest absolute Gasteiger partial charge is 0.495 e. The highest BCUT2D eigenvalue weighted by Crippen LogP contribution is 2.33. The Labute approximate surface area is 176 Å². The minimum Gasteiger partial charge on any atom is -0.495 e. The van der Waals surface area contributed by atoms with Crippen molar-refractivity contribution in [2.24, 2.45) is 5.92 Å². The maximum atomic E-state index is 13.0. The van der Waals surface area contributed by atoms with E-state index in [-0.39, 0.29) is 30.2 Å². The van der Waals surface area contributed by atoms with Gasteiger partial charge in [0, 0.05) is 31.0 Å². The van der Waals surface area contributed by atoms with Gasteiger partial charge in [-0.05, 0) is 31.0 Å². The standard InChI is InChI=1S/C22H28N4O4/c1-3-19-24-25-22(30-19)14-9-10-18(29-2)17(11-14)23-21(28)15-12-20(27)26(13-15)16-7-5-4-6-8-16/h9-11,15-16H,3-8,12-13H2,1-2H3,(H,23,28)/t15-/m0/s1. The van der Waals surface area contributed by atoms with Crippen molar-refractivity contribution < 1.29 is 18.7 Å². The molecule has 0 bridgehead atoms. The Morgan fingerprint density at radius 3 is 2.77 bits per heavy atom. The molecular weight excluding hydrogens is 384 g/mol. The zero-order chi connectivity index (χ0) is 21.1. The number of ether oxygens (including phenoxy) is 1. The number of aryl methyl sites for hydroxylation is 1. The van der Waals surface area contributed by atoms with E-state index in [1.54, 1.807) is 19.2 Å². The number of nitrogens with one attached hydrogen (secondary N) is 1. The average Bonchev–Trinajstić information content (AvgIpc) is 3.41. The van der Waals surface area contributed by atoms with Crippen LogP contribution in [0.5, 0.6) is 5.75 Å². The van der Waals surface area contributed by atoms with Crippen LogP contribution >= 0.6 is 0 Å². The summed E-state index contributed by atoms with van der Waals surface area (Å²) in [5.74, 6) is 1.04. The van der Waals surface area contributed by atoms with Crippen LogP contribution in [0.1, 0.15) is 51.3 Å². The van der Waals surface area contributed by atoms with Crippen LogP contribution in [0.4, 0.5) is 5.69 Å². The van der Waals surface area contributed by atoms with Gasteiger partial charge in [-0.1, -0.05) is 26.2 Å². The lowest BCUT2D eigenvalue weighted by molar-refractivity contribution is -0.130. The summed E-state index contributed by atoms with van der Waals surface area (Å²) in [4.78, 5) is 27.4. The summed E-state index contributed by atoms with van der Waals surface area (Å²) in [5.41, 5.74) is 1.23. The van der Waals surface area contributed by atoms with Gasteiger partial charge in [0.25, 0.3) is 0 Å². The highest BCUT2D eigenvalue weighted by atomic mass is 16.5. The second-order valence-electron chi connectivity index (χ2n) is 8.00. The molecule has 1 saturated carbocycles. The van der Waals surface area contributed by atoms with Crippen molar-refractivity contribution in [2.45, 2.75) is 57.9 Å². The third kappa shape index (κ3) is 4.17. The number of aromatic nitrogens is 2. The molecule has 2 aromatic rings. The van der Waals surface area contributed by atoms with Gasteiger partial charge in [-0.3, -0.25) is 9.59 Å². The van der Waals surface area contributed by atoms with E-state index in [4.69, 9.17) is 9.15 Å². The molecule has 0 unspecified atom stereocenters. The predicted octanol–water partition coefficient (Wildman–Crippen LogP) is 3.43. The van der Waals surface area contributed by atoms with E-state index in [1.165, 1.54) is 6.42 Å². The average molecular weight is 412 g/mol. The van der Waals surface area contributed by atoms with Gasteiger partial charge in [0.15, 0.2) is 0 Å². The molecule has 2 amide bonds. The molecule has 30 heavy (non-hydrogen) atoms. The van der Waals surface area contributed by atoms with E-state index in [0.29, 0.717) is 41.7 Å². The van der Waals surface area contributed by atoms with Crippen LogP contribution in [-0.4, -0.2) is 46.6 Å². The Kier molecular flexibility index (Phi) is 6.01. The summed E-state index contributed by atoms with van der Waals surface area (Å²) >= 11 is 0. The normalized spacial score (nSPS) is 19.9. The number of rotatable bonds is 6. The van der Waals surface area contributed by atoms with Crippen molar-refractivity contribution in [1.29, 1.82) is 0 Å². The van der Waals surface area contributed by atoms with Gasteiger partial charge in [-0.25, -0.2) is 0 Å². The molecule has 0 radical (unpaired) electrons. The maximum absolute atomic E-state index is 13.0. The lowest BCUT2D eigenvalue weighted by atomic mass is 9.94. The lowest BCUT2D eigenvalue weighted by Gasteiger charge is -2.31. The lowest BCUT2D eigenvalue weighted by Crippen LogP contribution is -2.38. The summed E-state index contributed by atoms with van der Waals surface area (Å²) in [6, 6.07) is 5.62. The van der Waals surface area contributed by atoms with E-state index in [2.05, 4.69) is 15.5 Å². The number of carbonyl (C=O) groups excluding carboxylic acids is 2. The highest BCUT2D eigenvalue weighted by molar-refractivity contribution is 5.98. The van der Waals surface area contributed by atoms with Gasteiger partial charge in [-0.2, -0.15) is 0 Å². The summed E-state index contributed by atoms with van der Waals surface area (Å²) in [7, 11) is 1.55. The van der Waals surface area contributed by atoms with E-state index >= 15 is 0 Å². The molecule has 1 aromatic carbocycles. The number of nitrogens with zero attached hydrogens (tertiary/aromatic N) is 3. The number of likely N-dealkylation sites (tertiary alicyclic amines) is 1. The molecule has 1 aliphatic carbocycles. The predicted molar refractivity (Wildman–Crippen MR) is 111 cm³/mol. The van der Waals surface area contributed by atoms with Crippen molar-refractivity contribution >= 4 is 17.5 Å². The van der Waals surface area contributed by atoms with E-state index in [9.17, 15) is 9.59 Å². The number of carbonyl (C=O) groups is 2. The second-order valence-corrected chi connectivity index (χ2v) is 8.00. The Morgan fingerprint density at radius 2 is 2.07 bits per heavy atom. The van der Waals surface area contributed by atoms with Crippen LogP contribution in [0.25, 0.3) is 11.5 Å². The summed E-state index contributed by atoms with van der Waals surface area (Å²) in [6.07, 6.45) is 6.54. The molecule has 1 N–H and O–H groups in total. The van der Waals surface area contributed by atoms with Gasteiger partial charge >= 0.3 is 0 Å². The third-order valence-corrected chi connectivity index (χ3v) is 6.02. The Hall–Kier alpha value is -2.90. The zero-order valence-electron chi connectivity index (χ0n) is 17.5. The molecule has 2 aliphatic rings. The molecule has 1 aliphatic heterocycles. The van der Waals surface area contributed by atoms with Crippen LogP contribution in [-0.2, 0) is 16.0 Å². The number of hydrogen-bond acceptors (Lipinski definition) is 6. The molecule has 2 heterocycles. The van der Waals surface area contributed by atoms with E-state index in [1.807, 2.05) is 17.9 Å². The Balaban J connectivity index is 1.48. The first-order chi connectivity index (χ1) is 14.6. The number of benzene rings is 1. The number of anilines is 1. The molecule has 160 valence electrons. The maximum Gasteiger partial charge on any atom is 0.247 e. The molecule has 4 rings (SSSR count). The zero-order valence-corrected chi connectivity index (χ0v) is 17.5. The van der Waals surface area contributed by atoms with Gasteiger partial charge < -0.3 is 19.4 Å². The molecule has 1 aromatic heterocycles. The van der Waals surface area contributed by atoms with Crippen LogP contribution in [0, 0.1) is 5.92 Å². The first-order valence-electron chi connectivity index (χ1n) is 10.7. The molecule has 1 saturated heterocycles. The van der Waals surface area contributed by atoms with Crippen LogP contribution in [0.2, 0.25) is 0 Å². The molecule has 2 fully saturated rings. The minimum absolute atomic E-state index is 0.0840. The molecule has 8 heteroatoms. The molecule has 8 nitrogen and oxygen atoms in total. The number of amides is 2. The third-order valence-electron chi connectivity index (χ3n) is 6.02. The summed E-state index contributed by atoms with van der Waals surface area (Å²) in [6.45, 7) is 2.43. The Bertz CT molecular complexity index is 920. The topological polar surface area (TPSA) is 97.6 Å². The molecular formula is C22H28N4O4. The van der Waals surface area contributed by atoms with Gasteiger partial charge in [0.2, 0.25) is 23.6 Å². The van der Waals surface area contributed by atoms with Crippen molar-refractivity contribution in [1.82, 2.24) is 15.1 Å². The van der Waals surface area contributed by atoms with E-state index < -0.39 is 0 Å². The molecule has 0 spiro atoms. The minimum atomic E-state index is -0.358. The van der Waals surface area contributed by atoms with Gasteiger partial charge in [0.05, 0.1) is 18.7 Å². The van der Waals surface area contributed by atoms with E-state index in [0.717, 1.165) is 25.7 Å². The van der Waals surface area contributed by atoms with Gasteiger partial charge in [-0.15, -0.1) is 10.2 Å². The van der Waals surface area contributed by atoms with Crippen molar-refractivity contribution in [3.63, 3.8) is 0 Å². The molecule has 1 atom stereocenters. The SMILES string of the molecule is CCc1nnc(-c2ccc(OC)c(NC(=O)[C@H]3CC(=O)N(C4CCCCC4)C3)c2)o1. The van der Waals surface area contributed by atoms with Crippen LogP contribution in [0.3, 0.4) is 0 Å². The summed E-state index contributed by atoms with van der Waals surface area (Å²) < 4.78 is 11.0. The fraction of sp³-hybridized carbons (Fsp3) is 0.545. The fourth-order valence-corrected chi connectivity index (χ4v) is 4.34. The fourth-order valence-electron chi connectivity index (χ4n) is 4.34. The van der Waals surface area contributed by atoms with Crippen LogP contribution in [0.15, 0.2) is 22.6 Å². The highest BCUT2D eigenvalue weighted by Gasteiger charge is 2.38. The number of methoxy groups -OCH3 is 1. The summed E-state index contributed by atoms with van der Waals surface area (Å²) in [5, 5.41) is 11.0. The second kappa shape index (κ2) is 8.85. The Morgan fingerprint density at radius 1 is 1.27 bits per heavy atom. The monoisotopic (exact) mass is 412 g/mol. The smallest absolute Gasteiger partial charge is 0.247 e. The van der Waals surface area contributed by atoms with Gasteiger partial charge in [0.1, 0.15) is 5.75 Å². The van der Waals surface area contributed by atoms with Crippen LogP contribution < -0.4 is 10.1 Å².